The molecule has 1 aliphatic rings. The second-order valence-corrected chi connectivity index (χ2v) is 7.68. The van der Waals surface area contributed by atoms with Gasteiger partial charge in [0.05, 0.1) is 5.69 Å². The third kappa shape index (κ3) is 5.08. The molecule has 0 N–H and O–H groups in total. The smallest absolute Gasteiger partial charge is 0.253 e. The van der Waals surface area contributed by atoms with Crippen molar-refractivity contribution in [1.82, 2.24) is 19.6 Å². The van der Waals surface area contributed by atoms with Crippen LogP contribution in [0.5, 0.6) is 0 Å². The first kappa shape index (κ1) is 22.0. The van der Waals surface area contributed by atoms with Crippen LogP contribution in [0.4, 0.5) is 4.39 Å². The summed E-state index contributed by atoms with van der Waals surface area (Å²) in [6.45, 7) is 6.49. The predicted octanol–water partition coefficient (Wildman–Crippen LogP) is 3.78. The van der Waals surface area contributed by atoms with E-state index in [1.165, 1.54) is 30.3 Å². The number of hydrogen-bond donors (Lipinski definition) is 0. The lowest BCUT2D eigenvalue weighted by Gasteiger charge is -2.34. The number of benzene rings is 1. The molecule has 0 unspecified atom stereocenters. The fourth-order valence-corrected chi connectivity index (χ4v) is 3.70. The maximum atomic E-state index is 13.0. The van der Waals surface area contributed by atoms with Crippen LogP contribution in [-0.2, 0) is 11.3 Å². The van der Waals surface area contributed by atoms with Crippen LogP contribution in [0.3, 0.4) is 0 Å². The highest BCUT2D eigenvalue weighted by atomic mass is 35.5. The van der Waals surface area contributed by atoms with E-state index in [2.05, 4.69) is 12.0 Å². The summed E-state index contributed by atoms with van der Waals surface area (Å²) in [5, 5.41) is 4.98. The highest BCUT2D eigenvalue weighted by Crippen LogP contribution is 2.22. The Morgan fingerprint density at radius 2 is 1.77 bits per heavy atom. The summed E-state index contributed by atoms with van der Waals surface area (Å²) in [5.41, 5.74) is 1.99. The highest BCUT2D eigenvalue weighted by molar-refractivity contribution is 6.31. The molecular weight excluding hydrogens is 407 g/mol. The number of rotatable bonds is 6. The van der Waals surface area contributed by atoms with Gasteiger partial charge in [0.25, 0.3) is 5.91 Å². The van der Waals surface area contributed by atoms with E-state index in [0.717, 1.165) is 30.6 Å². The topological polar surface area (TPSA) is 58.4 Å². The van der Waals surface area contributed by atoms with Crippen molar-refractivity contribution in [2.45, 2.75) is 33.2 Å². The van der Waals surface area contributed by atoms with E-state index in [-0.39, 0.29) is 17.6 Å². The van der Waals surface area contributed by atoms with Gasteiger partial charge in [-0.3, -0.25) is 14.3 Å². The molecule has 6 nitrogen and oxygen atoms in total. The minimum absolute atomic E-state index is 0.124. The second kappa shape index (κ2) is 9.89. The Morgan fingerprint density at radius 1 is 1.13 bits per heavy atom. The lowest BCUT2D eigenvalue weighted by Crippen LogP contribution is -2.50. The van der Waals surface area contributed by atoms with Crippen molar-refractivity contribution < 1.29 is 14.0 Å². The zero-order chi connectivity index (χ0) is 21.7. The molecule has 30 heavy (non-hydrogen) atoms. The summed E-state index contributed by atoms with van der Waals surface area (Å²) in [6, 6.07) is 5.50. The van der Waals surface area contributed by atoms with Crippen molar-refractivity contribution in [3.8, 4) is 0 Å². The Bertz CT molecular complexity index is 931. The average Bonchev–Trinajstić information content (AvgIpc) is 3.03. The summed E-state index contributed by atoms with van der Waals surface area (Å²) in [4.78, 5) is 28.5. The van der Waals surface area contributed by atoms with Crippen LogP contribution < -0.4 is 0 Å². The molecule has 3 rings (SSSR count). The Morgan fingerprint density at radius 3 is 2.40 bits per heavy atom. The van der Waals surface area contributed by atoms with Crippen LogP contribution in [-0.4, -0.2) is 57.6 Å². The molecule has 1 aromatic heterocycles. The standard InChI is InChI=1S/C22H26ClFN4O2/c1-3-4-11-28-21(23)19(16(2)25-28)9-10-20(29)26-12-14-27(15-13-26)22(30)17-5-7-18(24)8-6-17/h5-10H,3-4,11-15H2,1-2H3/b10-9+. The van der Waals surface area contributed by atoms with Gasteiger partial charge in [-0.15, -0.1) is 0 Å². The van der Waals surface area contributed by atoms with Gasteiger partial charge in [-0.2, -0.15) is 5.10 Å². The van der Waals surface area contributed by atoms with Crippen molar-refractivity contribution in [1.29, 1.82) is 0 Å². The van der Waals surface area contributed by atoms with Crippen molar-refractivity contribution in [2.75, 3.05) is 26.2 Å². The summed E-state index contributed by atoms with van der Waals surface area (Å²) >= 11 is 6.41. The number of carbonyl (C=O) groups excluding carboxylic acids is 2. The van der Waals surface area contributed by atoms with Gasteiger partial charge in [0.15, 0.2) is 0 Å². The van der Waals surface area contributed by atoms with E-state index in [1.807, 2.05) is 6.92 Å². The highest BCUT2D eigenvalue weighted by Gasteiger charge is 2.24. The number of piperazine rings is 1. The first-order chi connectivity index (χ1) is 14.4. The van der Waals surface area contributed by atoms with Crippen molar-refractivity contribution in [3.05, 3.63) is 58.1 Å². The minimum Gasteiger partial charge on any atom is -0.336 e. The quantitative estimate of drug-likeness (QED) is 0.652. The van der Waals surface area contributed by atoms with E-state index < -0.39 is 0 Å². The van der Waals surface area contributed by atoms with Crippen LogP contribution in [0.15, 0.2) is 30.3 Å². The Balaban J connectivity index is 1.57. The monoisotopic (exact) mass is 432 g/mol. The number of nitrogens with zero attached hydrogens (tertiary/aromatic N) is 4. The van der Waals surface area contributed by atoms with Crippen molar-refractivity contribution in [2.24, 2.45) is 0 Å². The van der Waals surface area contributed by atoms with Crippen LogP contribution in [0.2, 0.25) is 5.15 Å². The van der Waals surface area contributed by atoms with Gasteiger partial charge in [0.1, 0.15) is 11.0 Å². The summed E-state index contributed by atoms with van der Waals surface area (Å²) in [6.07, 6.45) is 5.27. The van der Waals surface area contributed by atoms with Crippen LogP contribution in [0, 0.1) is 12.7 Å². The van der Waals surface area contributed by atoms with Crippen molar-refractivity contribution in [3.63, 3.8) is 0 Å². The minimum atomic E-state index is -0.375. The first-order valence-corrected chi connectivity index (χ1v) is 10.5. The lowest BCUT2D eigenvalue weighted by atomic mass is 10.1. The molecule has 160 valence electrons. The lowest BCUT2D eigenvalue weighted by molar-refractivity contribution is -0.127. The summed E-state index contributed by atoms with van der Waals surface area (Å²) < 4.78 is 14.8. The maximum absolute atomic E-state index is 13.0. The van der Waals surface area contributed by atoms with Gasteiger partial charge in [0.2, 0.25) is 5.91 Å². The predicted molar refractivity (Wildman–Crippen MR) is 115 cm³/mol. The molecule has 0 radical (unpaired) electrons. The fourth-order valence-electron chi connectivity index (χ4n) is 3.38. The van der Waals surface area contributed by atoms with Gasteiger partial charge in [-0.05, 0) is 43.7 Å². The Labute approximate surface area is 180 Å². The molecule has 0 aliphatic carbocycles. The number of carbonyl (C=O) groups is 2. The van der Waals surface area contributed by atoms with Gasteiger partial charge in [-0.25, -0.2) is 4.39 Å². The van der Waals surface area contributed by atoms with E-state index in [0.29, 0.717) is 36.9 Å². The Kier molecular flexibility index (Phi) is 7.26. The summed E-state index contributed by atoms with van der Waals surface area (Å²) in [7, 11) is 0. The number of halogens is 2. The van der Waals surface area contributed by atoms with Crippen molar-refractivity contribution >= 4 is 29.5 Å². The molecule has 0 spiro atoms. The zero-order valence-corrected chi connectivity index (χ0v) is 18.0. The number of aryl methyl sites for hydroxylation is 2. The molecule has 1 saturated heterocycles. The fraction of sp³-hybridized carbons (Fsp3) is 0.409. The van der Waals surface area contributed by atoms with Gasteiger partial charge < -0.3 is 9.80 Å². The molecule has 1 aliphatic heterocycles. The number of unbranched alkanes of at least 4 members (excludes halogenated alkanes) is 1. The molecule has 2 heterocycles. The molecular formula is C22H26ClFN4O2. The molecule has 2 amide bonds. The number of hydrogen-bond acceptors (Lipinski definition) is 3. The molecule has 0 bridgehead atoms. The molecule has 8 heteroatoms. The van der Waals surface area contributed by atoms with E-state index >= 15 is 0 Å². The first-order valence-electron chi connectivity index (χ1n) is 10.2. The van der Waals surface area contributed by atoms with Gasteiger partial charge in [-0.1, -0.05) is 24.9 Å². The number of aromatic nitrogens is 2. The van der Waals surface area contributed by atoms with Crippen LogP contribution in [0.1, 0.15) is 41.4 Å². The molecule has 1 aromatic carbocycles. The normalized spacial score (nSPS) is 14.5. The molecule has 1 fully saturated rings. The molecule has 0 atom stereocenters. The average molecular weight is 433 g/mol. The van der Waals surface area contributed by atoms with E-state index in [9.17, 15) is 14.0 Å². The van der Waals surface area contributed by atoms with Crippen LogP contribution in [0.25, 0.3) is 6.08 Å². The SMILES string of the molecule is CCCCn1nc(C)c(/C=C/C(=O)N2CCN(C(=O)c3ccc(F)cc3)CC2)c1Cl. The Hall–Kier alpha value is -2.67. The molecule has 0 saturated carbocycles. The van der Waals surface area contributed by atoms with Crippen LogP contribution >= 0.6 is 11.6 Å². The van der Waals surface area contributed by atoms with E-state index in [1.54, 1.807) is 20.6 Å². The maximum Gasteiger partial charge on any atom is 0.253 e. The summed E-state index contributed by atoms with van der Waals surface area (Å²) in [5.74, 6) is -0.653. The molecule has 2 aromatic rings. The zero-order valence-electron chi connectivity index (χ0n) is 17.3. The third-order valence-corrected chi connectivity index (χ3v) is 5.59. The van der Waals surface area contributed by atoms with Gasteiger partial charge in [0, 0.05) is 49.9 Å². The third-order valence-electron chi connectivity index (χ3n) is 5.20. The van der Waals surface area contributed by atoms with Gasteiger partial charge >= 0.3 is 0 Å². The number of amides is 2. The van der Waals surface area contributed by atoms with E-state index in [4.69, 9.17) is 11.6 Å². The second-order valence-electron chi connectivity index (χ2n) is 7.32. The largest absolute Gasteiger partial charge is 0.336 e.